The first kappa shape index (κ1) is 7.91. The van der Waals surface area contributed by atoms with Crippen molar-refractivity contribution in [2.24, 2.45) is 7.05 Å². The van der Waals surface area contributed by atoms with Gasteiger partial charge in [-0.15, -0.1) is 0 Å². The van der Waals surface area contributed by atoms with E-state index in [9.17, 15) is 4.79 Å². The van der Waals surface area contributed by atoms with Gasteiger partial charge in [0.15, 0.2) is 5.78 Å². The Bertz CT molecular complexity index is 473. The highest BCUT2D eigenvalue weighted by molar-refractivity contribution is 5.95. The smallest absolute Gasteiger partial charge is 0.178 e. The van der Waals surface area contributed by atoms with Crippen molar-refractivity contribution < 1.29 is 4.79 Å². The van der Waals surface area contributed by atoms with Crippen LogP contribution in [0.2, 0.25) is 0 Å². The molecule has 0 N–H and O–H groups in total. The molecule has 4 heteroatoms. The van der Waals surface area contributed by atoms with E-state index in [-0.39, 0.29) is 5.78 Å². The Hall–Kier alpha value is -1.71. The van der Waals surface area contributed by atoms with Crippen molar-refractivity contribution in [3.63, 3.8) is 0 Å². The number of hydrogen-bond donors (Lipinski definition) is 0. The average molecular weight is 175 g/mol. The normalized spacial score (nSPS) is 10.6. The zero-order valence-corrected chi connectivity index (χ0v) is 7.48. The second kappa shape index (κ2) is 2.65. The van der Waals surface area contributed by atoms with Crippen LogP contribution in [0.15, 0.2) is 18.5 Å². The molecule has 66 valence electrons. The van der Waals surface area contributed by atoms with Crippen LogP contribution in [0, 0.1) is 0 Å². The molecule has 0 aromatic carbocycles. The van der Waals surface area contributed by atoms with Gasteiger partial charge in [-0.2, -0.15) is 5.10 Å². The lowest BCUT2D eigenvalue weighted by molar-refractivity contribution is 0.101. The molecule has 0 saturated carbocycles. The molecule has 2 heterocycles. The van der Waals surface area contributed by atoms with E-state index in [1.54, 1.807) is 16.9 Å². The maximum Gasteiger partial charge on any atom is 0.178 e. The number of fused-ring (bicyclic) bond motifs is 1. The highest BCUT2D eigenvalue weighted by atomic mass is 16.1. The number of hydrogen-bond acceptors (Lipinski definition) is 3. The van der Waals surface area contributed by atoms with Gasteiger partial charge in [-0.1, -0.05) is 0 Å². The minimum absolute atomic E-state index is 0.0347. The highest BCUT2D eigenvalue weighted by Crippen LogP contribution is 2.11. The predicted molar refractivity (Wildman–Crippen MR) is 48.5 cm³/mol. The van der Waals surface area contributed by atoms with E-state index >= 15 is 0 Å². The van der Waals surface area contributed by atoms with Crippen LogP contribution in [0.3, 0.4) is 0 Å². The molecule has 0 aliphatic rings. The molecule has 0 aliphatic carbocycles. The van der Waals surface area contributed by atoms with Gasteiger partial charge in [0, 0.05) is 31.8 Å². The molecule has 0 saturated heterocycles. The number of pyridine rings is 1. The molecule has 13 heavy (non-hydrogen) atoms. The van der Waals surface area contributed by atoms with Crippen molar-refractivity contribution in [2.75, 3.05) is 0 Å². The Kier molecular flexibility index (Phi) is 1.62. The standard InChI is InChI=1S/C9H9N3O/c1-6(13)8-3-9-7(4-10-8)5-12(2)11-9/h3-5H,1-2H3. The van der Waals surface area contributed by atoms with Gasteiger partial charge in [-0.25, -0.2) is 0 Å². The molecule has 0 spiro atoms. The van der Waals surface area contributed by atoms with Crippen molar-refractivity contribution in [1.82, 2.24) is 14.8 Å². The maximum atomic E-state index is 11.0. The summed E-state index contributed by atoms with van der Waals surface area (Å²) in [4.78, 5) is 15.0. The molecule has 0 fully saturated rings. The third-order valence-electron chi connectivity index (χ3n) is 1.86. The molecule has 2 aromatic rings. The first-order valence-corrected chi connectivity index (χ1v) is 3.97. The molecular formula is C9H9N3O. The van der Waals surface area contributed by atoms with Crippen LogP contribution in [0.25, 0.3) is 10.9 Å². The molecule has 0 amide bonds. The van der Waals surface area contributed by atoms with Crippen LogP contribution >= 0.6 is 0 Å². The summed E-state index contributed by atoms with van der Waals surface area (Å²) in [6.07, 6.45) is 3.53. The number of aryl methyl sites for hydroxylation is 1. The van der Waals surface area contributed by atoms with Crippen LogP contribution in [0.4, 0.5) is 0 Å². The molecule has 2 rings (SSSR count). The number of carbonyl (C=O) groups is 1. The van der Waals surface area contributed by atoms with Crippen molar-refractivity contribution in [3.05, 3.63) is 24.2 Å². The average Bonchev–Trinajstić information content (AvgIpc) is 2.42. The van der Waals surface area contributed by atoms with Gasteiger partial charge in [-0.3, -0.25) is 14.5 Å². The molecular weight excluding hydrogens is 166 g/mol. The Balaban J connectivity index is 2.67. The number of aromatic nitrogens is 3. The Morgan fingerprint density at radius 3 is 3.00 bits per heavy atom. The number of carbonyl (C=O) groups excluding carboxylic acids is 1. The fourth-order valence-electron chi connectivity index (χ4n) is 1.23. The lowest BCUT2D eigenvalue weighted by Crippen LogP contribution is -1.95. The minimum atomic E-state index is -0.0347. The SMILES string of the molecule is CC(=O)c1cc2nn(C)cc2cn1. The summed E-state index contributed by atoms with van der Waals surface area (Å²) in [6, 6.07) is 1.71. The molecule has 4 nitrogen and oxygen atoms in total. The molecule has 0 unspecified atom stereocenters. The predicted octanol–water partition coefficient (Wildman–Crippen LogP) is 1.17. The van der Waals surface area contributed by atoms with Crippen molar-refractivity contribution >= 4 is 16.7 Å². The quantitative estimate of drug-likeness (QED) is 0.611. The van der Waals surface area contributed by atoms with E-state index in [4.69, 9.17) is 0 Å². The fraction of sp³-hybridized carbons (Fsp3) is 0.222. The molecule has 2 aromatic heterocycles. The van der Waals surface area contributed by atoms with Crippen LogP contribution in [0.5, 0.6) is 0 Å². The van der Waals surface area contributed by atoms with Gasteiger partial charge in [0.2, 0.25) is 0 Å². The van der Waals surface area contributed by atoms with E-state index in [1.165, 1.54) is 6.92 Å². The number of rotatable bonds is 1. The summed E-state index contributed by atoms with van der Waals surface area (Å²) < 4.78 is 1.70. The number of nitrogens with zero attached hydrogens (tertiary/aromatic N) is 3. The first-order valence-electron chi connectivity index (χ1n) is 3.97. The zero-order chi connectivity index (χ0) is 9.42. The lowest BCUT2D eigenvalue weighted by atomic mass is 10.2. The summed E-state index contributed by atoms with van der Waals surface area (Å²) in [7, 11) is 1.84. The van der Waals surface area contributed by atoms with Gasteiger partial charge in [0.05, 0.1) is 5.52 Å². The fourth-order valence-corrected chi connectivity index (χ4v) is 1.23. The third-order valence-corrected chi connectivity index (χ3v) is 1.86. The van der Waals surface area contributed by atoms with Crippen LogP contribution in [-0.2, 0) is 7.05 Å². The van der Waals surface area contributed by atoms with E-state index in [0.29, 0.717) is 5.69 Å². The summed E-state index contributed by atoms with van der Waals surface area (Å²) in [5.41, 5.74) is 1.27. The van der Waals surface area contributed by atoms with Gasteiger partial charge >= 0.3 is 0 Å². The topological polar surface area (TPSA) is 47.8 Å². The lowest BCUT2D eigenvalue weighted by Gasteiger charge is -1.92. The third kappa shape index (κ3) is 1.30. The van der Waals surface area contributed by atoms with Crippen LogP contribution in [-0.4, -0.2) is 20.5 Å². The van der Waals surface area contributed by atoms with E-state index in [1.807, 2.05) is 13.2 Å². The maximum absolute atomic E-state index is 11.0. The second-order valence-electron chi connectivity index (χ2n) is 2.99. The summed E-state index contributed by atoms with van der Waals surface area (Å²) in [6.45, 7) is 1.50. The van der Waals surface area contributed by atoms with E-state index < -0.39 is 0 Å². The Morgan fingerprint density at radius 1 is 1.54 bits per heavy atom. The van der Waals surface area contributed by atoms with Crippen LogP contribution in [0.1, 0.15) is 17.4 Å². The largest absolute Gasteiger partial charge is 0.293 e. The number of ketones is 1. The highest BCUT2D eigenvalue weighted by Gasteiger charge is 2.04. The number of Topliss-reactive ketones (excluding diaryl/α,β-unsaturated/α-hetero) is 1. The van der Waals surface area contributed by atoms with Crippen LogP contribution < -0.4 is 0 Å². The Labute approximate surface area is 75.2 Å². The monoisotopic (exact) mass is 175 g/mol. The summed E-state index contributed by atoms with van der Waals surface area (Å²) in [5, 5.41) is 5.13. The molecule has 0 aliphatic heterocycles. The van der Waals surface area contributed by atoms with Gasteiger partial charge in [-0.05, 0) is 6.07 Å². The Morgan fingerprint density at radius 2 is 2.31 bits per heavy atom. The molecule has 0 radical (unpaired) electrons. The van der Waals surface area contributed by atoms with Crippen molar-refractivity contribution in [2.45, 2.75) is 6.92 Å². The van der Waals surface area contributed by atoms with E-state index in [2.05, 4.69) is 10.1 Å². The second-order valence-corrected chi connectivity index (χ2v) is 2.99. The van der Waals surface area contributed by atoms with Gasteiger partial charge in [0.25, 0.3) is 0 Å². The van der Waals surface area contributed by atoms with Crippen molar-refractivity contribution in [1.29, 1.82) is 0 Å². The zero-order valence-electron chi connectivity index (χ0n) is 7.48. The molecule has 0 atom stereocenters. The van der Waals surface area contributed by atoms with Gasteiger partial charge < -0.3 is 0 Å². The molecule has 0 bridgehead atoms. The van der Waals surface area contributed by atoms with Crippen molar-refractivity contribution in [3.8, 4) is 0 Å². The summed E-state index contributed by atoms with van der Waals surface area (Å²) in [5.74, 6) is -0.0347. The summed E-state index contributed by atoms with van der Waals surface area (Å²) >= 11 is 0. The van der Waals surface area contributed by atoms with Gasteiger partial charge in [0.1, 0.15) is 5.69 Å². The van der Waals surface area contributed by atoms with E-state index in [0.717, 1.165) is 10.9 Å². The minimum Gasteiger partial charge on any atom is -0.293 e. The first-order chi connectivity index (χ1) is 6.16.